The van der Waals surface area contributed by atoms with E-state index in [1.165, 1.54) is 18.3 Å². The molecule has 0 spiro atoms. The van der Waals surface area contributed by atoms with Crippen LogP contribution in [-0.2, 0) is 6.54 Å². The maximum Gasteiger partial charge on any atom is 0.231 e. The Kier molecular flexibility index (Phi) is 3.50. The highest BCUT2D eigenvalue weighted by Crippen LogP contribution is 2.15. The zero-order valence-corrected chi connectivity index (χ0v) is 9.86. The number of rotatable bonds is 4. The maximum absolute atomic E-state index is 13.5. The van der Waals surface area contributed by atoms with Gasteiger partial charge in [-0.05, 0) is 18.6 Å². The Bertz CT molecular complexity index is 578. The van der Waals surface area contributed by atoms with Crippen molar-refractivity contribution in [3.05, 3.63) is 53.6 Å². The smallest absolute Gasteiger partial charge is 0.231 e. The standard InChI is InChI=1S/C13H12F2N2O/c1-2-7-17-8-6-16-13(17)12(18)9-4-3-5-10(14)11(9)15/h3-6,8H,2,7H2,1H3. The molecule has 3 nitrogen and oxygen atoms in total. The lowest BCUT2D eigenvalue weighted by Crippen LogP contribution is -2.13. The van der Waals surface area contributed by atoms with Crippen LogP contribution in [0.5, 0.6) is 0 Å². The Morgan fingerprint density at radius 3 is 2.89 bits per heavy atom. The molecule has 0 aliphatic heterocycles. The molecule has 18 heavy (non-hydrogen) atoms. The third-order valence-electron chi connectivity index (χ3n) is 2.58. The molecule has 0 aliphatic rings. The van der Waals surface area contributed by atoms with E-state index in [1.807, 2.05) is 6.92 Å². The van der Waals surface area contributed by atoms with Crippen LogP contribution >= 0.6 is 0 Å². The Balaban J connectivity index is 2.42. The summed E-state index contributed by atoms with van der Waals surface area (Å²) in [4.78, 5) is 16.0. The van der Waals surface area contributed by atoms with Crippen molar-refractivity contribution in [3.8, 4) is 0 Å². The van der Waals surface area contributed by atoms with Gasteiger partial charge in [-0.1, -0.05) is 13.0 Å². The molecule has 0 amide bonds. The van der Waals surface area contributed by atoms with Gasteiger partial charge in [0, 0.05) is 18.9 Å². The second-order valence-electron chi connectivity index (χ2n) is 3.87. The number of aromatic nitrogens is 2. The molecular weight excluding hydrogens is 238 g/mol. The minimum absolute atomic E-state index is 0.126. The summed E-state index contributed by atoms with van der Waals surface area (Å²) in [6.45, 7) is 2.56. The van der Waals surface area contributed by atoms with Crippen LogP contribution in [0.1, 0.15) is 29.5 Å². The lowest BCUT2D eigenvalue weighted by atomic mass is 10.1. The van der Waals surface area contributed by atoms with Crippen molar-refractivity contribution in [2.24, 2.45) is 0 Å². The van der Waals surface area contributed by atoms with Gasteiger partial charge in [-0.2, -0.15) is 0 Å². The van der Waals surface area contributed by atoms with Gasteiger partial charge in [-0.15, -0.1) is 0 Å². The molecule has 0 radical (unpaired) electrons. The maximum atomic E-state index is 13.5. The number of hydrogen-bond acceptors (Lipinski definition) is 2. The SMILES string of the molecule is CCCn1ccnc1C(=O)c1cccc(F)c1F. The van der Waals surface area contributed by atoms with Crippen LogP contribution in [0.4, 0.5) is 8.78 Å². The fraction of sp³-hybridized carbons (Fsp3) is 0.231. The largest absolute Gasteiger partial charge is 0.328 e. The minimum atomic E-state index is -1.13. The molecule has 94 valence electrons. The number of aryl methyl sites for hydroxylation is 1. The third-order valence-corrected chi connectivity index (χ3v) is 2.58. The van der Waals surface area contributed by atoms with Gasteiger partial charge in [0.1, 0.15) is 0 Å². The zero-order chi connectivity index (χ0) is 13.1. The Morgan fingerprint density at radius 1 is 1.39 bits per heavy atom. The van der Waals surface area contributed by atoms with Gasteiger partial charge in [0.25, 0.3) is 0 Å². The number of halogens is 2. The van der Waals surface area contributed by atoms with E-state index in [0.29, 0.717) is 6.54 Å². The summed E-state index contributed by atoms with van der Waals surface area (Å²) >= 11 is 0. The summed E-state index contributed by atoms with van der Waals surface area (Å²) in [7, 11) is 0. The van der Waals surface area contributed by atoms with E-state index in [2.05, 4.69) is 4.98 Å². The first kappa shape index (κ1) is 12.4. The third kappa shape index (κ3) is 2.16. The fourth-order valence-electron chi connectivity index (χ4n) is 1.74. The molecule has 0 N–H and O–H groups in total. The van der Waals surface area contributed by atoms with Crippen LogP contribution in [0.2, 0.25) is 0 Å². The normalized spacial score (nSPS) is 10.6. The molecule has 2 rings (SSSR count). The molecule has 0 aliphatic carbocycles. The summed E-state index contributed by atoms with van der Waals surface area (Å²) in [6.07, 6.45) is 3.94. The average Bonchev–Trinajstić information content (AvgIpc) is 2.80. The minimum Gasteiger partial charge on any atom is -0.328 e. The summed E-state index contributed by atoms with van der Waals surface area (Å²) in [5.41, 5.74) is -0.293. The number of hydrogen-bond donors (Lipinski definition) is 0. The number of carbonyl (C=O) groups excluding carboxylic acids is 1. The number of benzene rings is 1. The highest BCUT2D eigenvalue weighted by Gasteiger charge is 2.20. The Labute approximate surface area is 103 Å². The molecule has 0 atom stereocenters. The van der Waals surface area contributed by atoms with Crippen LogP contribution in [0.3, 0.4) is 0 Å². The van der Waals surface area contributed by atoms with Gasteiger partial charge in [0.05, 0.1) is 5.56 Å². The van der Waals surface area contributed by atoms with Crippen molar-refractivity contribution in [3.63, 3.8) is 0 Å². The highest BCUT2D eigenvalue weighted by molar-refractivity contribution is 6.06. The fourth-order valence-corrected chi connectivity index (χ4v) is 1.74. The van der Waals surface area contributed by atoms with Crippen molar-refractivity contribution in [2.45, 2.75) is 19.9 Å². The van der Waals surface area contributed by atoms with Crippen LogP contribution in [0.15, 0.2) is 30.6 Å². The predicted molar refractivity (Wildman–Crippen MR) is 62.3 cm³/mol. The molecular formula is C13H12F2N2O. The van der Waals surface area contributed by atoms with Crippen LogP contribution in [0.25, 0.3) is 0 Å². The van der Waals surface area contributed by atoms with Crippen molar-refractivity contribution in [1.29, 1.82) is 0 Å². The zero-order valence-electron chi connectivity index (χ0n) is 9.86. The first-order valence-electron chi connectivity index (χ1n) is 5.65. The molecule has 0 fully saturated rings. The summed E-state index contributed by atoms with van der Waals surface area (Å²) in [5.74, 6) is -2.64. The van der Waals surface area contributed by atoms with Crippen molar-refractivity contribution >= 4 is 5.78 Å². The van der Waals surface area contributed by atoms with Crippen molar-refractivity contribution < 1.29 is 13.6 Å². The van der Waals surface area contributed by atoms with E-state index in [0.717, 1.165) is 12.5 Å². The molecule has 1 aromatic heterocycles. The van der Waals surface area contributed by atoms with E-state index in [9.17, 15) is 13.6 Å². The van der Waals surface area contributed by atoms with Gasteiger partial charge in [0.15, 0.2) is 17.5 Å². The monoisotopic (exact) mass is 250 g/mol. The van der Waals surface area contributed by atoms with E-state index in [4.69, 9.17) is 0 Å². The lowest BCUT2D eigenvalue weighted by molar-refractivity contribution is 0.102. The molecule has 0 unspecified atom stereocenters. The molecule has 1 aromatic carbocycles. The molecule has 2 aromatic rings. The summed E-state index contributed by atoms with van der Waals surface area (Å²) < 4.78 is 28.2. The number of carbonyl (C=O) groups is 1. The molecule has 1 heterocycles. The molecule has 0 saturated heterocycles. The van der Waals surface area contributed by atoms with Gasteiger partial charge >= 0.3 is 0 Å². The lowest BCUT2D eigenvalue weighted by Gasteiger charge is -2.06. The first-order valence-corrected chi connectivity index (χ1v) is 5.65. The number of ketones is 1. The van der Waals surface area contributed by atoms with Crippen LogP contribution < -0.4 is 0 Å². The predicted octanol–water partition coefficient (Wildman–Crippen LogP) is 2.80. The van der Waals surface area contributed by atoms with Crippen LogP contribution in [0, 0.1) is 11.6 Å². The van der Waals surface area contributed by atoms with E-state index in [-0.39, 0.29) is 11.4 Å². The highest BCUT2D eigenvalue weighted by atomic mass is 19.2. The van der Waals surface area contributed by atoms with Crippen LogP contribution in [-0.4, -0.2) is 15.3 Å². The van der Waals surface area contributed by atoms with Gasteiger partial charge in [-0.3, -0.25) is 4.79 Å². The van der Waals surface area contributed by atoms with E-state index < -0.39 is 17.4 Å². The Hall–Kier alpha value is -2.04. The molecule has 0 bridgehead atoms. The van der Waals surface area contributed by atoms with Gasteiger partial charge in [0.2, 0.25) is 5.78 Å². The Morgan fingerprint density at radius 2 is 2.17 bits per heavy atom. The van der Waals surface area contributed by atoms with E-state index in [1.54, 1.807) is 10.8 Å². The number of imidazole rings is 1. The molecule has 0 saturated carbocycles. The first-order chi connectivity index (χ1) is 8.65. The second-order valence-corrected chi connectivity index (χ2v) is 3.87. The van der Waals surface area contributed by atoms with Crippen molar-refractivity contribution in [1.82, 2.24) is 9.55 Å². The summed E-state index contributed by atoms with van der Waals surface area (Å²) in [5, 5.41) is 0. The average molecular weight is 250 g/mol. The van der Waals surface area contributed by atoms with Gasteiger partial charge < -0.3 is 4.57 Å². The van der Waals surface area contributed by atoms with Crippen molar-refractivity contribution in [2.75, 3.05) is 0 Å². The number of nitrogens with zero attached hydrogens (tertiary/aromatic N) is 2. The summed E-state index contributed by atoms with van der Waals surface area (Å²) in [6, 6.07) is 3.54. The topological polar surface area (TPSA) is 34.9 Å². The van der Waals surface area contributed by atoms with E-state index >= 15 is 0 Å². The quantitative estimate of drug-likeness (QED) is 0.782. The second kappa shape index (κ2) is 5.08. The molecule has 5 heteroatoms. The van der Waals surface area contributed by atoms with Gasteiger partial charge in [-0.25, -0.2) is 13.8 Å².